The van der Waals surface area contributed by atoms with Crippen molar-refractivity contribution in [3.63, 3.8) is 0 Å². The van der Waals surface area contributed by atoms with E-state index in [0.29, 0.717) is 11.4 Å². The first-order valence-electron chi connectivity index (χ1n) is 6.90. The molecule has 0 saturated heterocycles. The van der Waals surface area contributed by atoms with Gasteiger partial charge in [-0.25, -0.2) is 9.97 Å². The van der Waals surface area contributed by atoms with Crippen LogP contribution in [0.1, 0.15) is 5.69 Å². The van der Waals surface area contributed by atoms with E-state index in [0.717, 1.165) is 17.7 Å². The van der Waals surface area contributed by atoms with Crippen molar-refractivity contribution in [2.45, 2.75) is 6.32 Å². The fourth-order valence-corrected chi connectivity index (χ4v) is 2.38. The van der Waals surface area contributed by atoms with E-state index in [9.17, 15) is 20.2 Å². The molecule has 0 unspecified atom stereocenters. The molecule has 0 fully saturated rings. The van der Waals surface area contributed by atoms with E-state index in [1.165, 1.54) is 0 Å². The molecule has 116 valence electrons. The van der Waals surface area contributed by atoms with Gasteiger partial charge in [0.25, 0.3) is 0 Å². The van der Waals surface area contributed by atoms with Gasteiger partial charge >= 0.3 is 11.4 Å². The van der Waals surface area contributed by atoms with Crippen molar-refractivity contribution in [1.29, 1.82) is 0 Å². The summed E-state index contributed by atoms with van der Waals surface area (Å²) in [5.41, 5.74) is 0.841. The predicted molar refractivity (Wildman–Crippen MR) is 87.7 cm³/mol. The summed E-state index contributed by atoms with van der Waals surface area (Å²) in [5.74, 6) is 0. The standard InChI is InChI=1S/C15H9BN4O4/c16-8-12-15(9-4-2-1-3-5-9)18-11-7-14(20(23)24)13(19(21)22)6-10(11)17-12/h1-7H,8H2. The summed E-state index contributed by atoms with van der Waals surface area (Å²) >= 11 is 0. The zero-order valence-electron chi connectivity index (χ0n) is 12.2. The molecule has 0 atom stereocenters. The minimum absolute atomic E-state index is 0.0813. The number of fused-ring (bicyclic) bond motifs is 1. The van der Waals surface area contributed by atoms with Gasteiger partial charge in [0.15, 0.2) is 0 Å². The molecule has 2 aromatic carbocycles. The first-order chi connectivity index (χ1) is 11.5. The molecule has 0 aliphatic carbocycles. The number of nitrogens with zero attached hydrogens (tertiary/aromatic N) is 4. The Bertz CT molecular complexity index is 963. The maximum atomic E-state index is 11.1. The van der Waals surface area contributed by atoms with E-state index in [1.54, 1.807) is 0 Å². The molecule has 0 bridgehead atoms. The number of hydrogen-bond acceptors (Lipinski definition) is 6. The molecule has 0 saturated carbocycles. The van der Waals surface area contributed by atoms with Crippen molar-refractivity contribution in [2.75, 3.05) is 0 Å². The van der Waals surface area contributed by atoms with Crippen LogP contribution in [-0.2, 0) is 6.32 Å². The molecule has 0 aliphatic rings. The van der Waals surface area contributed by atoms with Gasteiger partial charge in [-0.3, -0.25) is 20.2 Å². The first-order valence-corrected chi connectivity index (χ1v) is 6.90. The van der Waals surface area contributed by atoms with Crippen molar-refractivity contribution in [3.8, 4) is 11.3 Å². The maximum Gasteiger partial charge on any atom is 0.348 e. The minimum atomic E-state index is -0.813. The molecule has 0 aliphatic heterocycles. The van der Waals surface area contributed by atoms with Crippen LogP contribution in [0.15, 0.2) is 42.5 Å². The Morgan fingerprint density at radius 2 is 1.46 bits per heavy atom. The molecule has 9 heteroatoms. The summed E-state index contributed by atoms with van der Waals surface area (Å²) in [6, 6.07) is 11.2. The smallest absolute Gasteiger partial charge is 0.258 e. The molecule has 3 rings (SSSR count). The molecule has 1 aromatic heterocycles. The van der Waals surface area contributed by atoms with Crippen molar-refractivity contribution < 1.29 is 9.85 Å². The Labute approximate surface area is 136 Å². The molecular formula is C15H9BN4O4. The van der Waals surface area contributed by atoms with Crippen LogP contribution in [-0.4, -0.2) is 27.7 Å². The number of rotatable bonds is 4. The molecule has 8 nitrogen and oxygen atoms in total. The van der Waals surface area contributed by atoms with Gasteiger partial charge in [0.1, 0.15) is 0 Å². The highest BCUT2D eigenvalue weighted by Gasteiger charge is 2.26. The topological polar surface area (TPSA) is 112 Å². The number of hydrogen-bond donors (Lipinski definition) is 0. The van der Waals surface area contributed by atoms with Crippen molar-refractivity contribution in [1.82, 2.24) is 9.97 Å². The third kappa shape index (κ3) is 2.67. The summed E-state index contributed by atoms with van der Waals surface area (Å²) in [6.45, 7) is 0. The highest BCUT2D eigenvalue weighted by Crippen LogP contribution is 2.32. The van der Waals surface area contributed by atoms with E-state index < -0.39 is 21.2 Å². The molecule has 24 heavy (non-hydrogen) atoms. The third-order valence-electron chi connectivity index (χ3n) is 3.47. The van der Waals surface area contributed by atoms with E-state index in [-0.39, 0.29) is 17.4 Å². The second kappa shape index (κ2) is 6.03. The second-order valence-electron chi connectivity index (χ2n) is 4.93. The van der Waals surface area contributed by atoms with Crippen molar-refractivity contribution in [3.05, 3.63) is 68.4 Å². The van der Waals surface area contributed by atoms with Gasteiger partial charge in [-0.15, -0.1) is 0 Å². The number of nitro benzene ring substituents is 2. The van der Waals surface area contributed by atoms with Crippen molar-refractivity contribution >= 4 is 30.3 Å². The van der Waals surface area contributed by atoms with Gasteiger partial charge < -0.3 is 0 Å². The summed E-state index contributed by atoms with van der Waals surface area (Å²) in [5, 5.41) is 22.1. The number of benzene rings is 2. The summed E-state index contributed by atoms with van der Waals surface area (Å²) in [4.78, 5) is 29.2. The van der Waals surface area contributed by atoms with Gasteiger partial charge in [0.2, 0.25) is 0 Å². The Morgan fingerprint density at radius 1 is 0.917 bits per heavy atom. The molecule has 0 N–H and O–H groups in total. The first kappa shape index (κ1) is 15.5. The average molecular weight is 320 g/mol. The zero-order valence-corrected chi connectivity index (χ0v) is 12.2. The number of aromatic nitrogens is 2. The largest absolute Gasteiger partial charge is 0.348 e. The van der Waals surface area contributed by atoms with Crippen LogP contribution in [0.5, 0.6) is 0 Å². The van der Waals surface area contributed by atoms with Crippen LogP contribution in [0.2, 0.25) is 0 Å². The lowest BCUT2D eigenvalue weighted by atomic mass is 9.97. The second-order valence-corrected chi connectivity index (χ2v) is 4.93. The molecule has 1 heterocycles. The highest BCUT2D eigenvalue weighted by atomic mass is 16.6. The lowest BCUT2D eigenvalue weighted by Crippen LogP contribution is -2.02. The van der Waals surface area contributed by atoms with Crippen LogP contribution >= 0.6 is 0 Å². The van der Waals surface area contributed by atoms with Gasteiger partial charge in [0, 0.05) is 5.56 Å². The van der Waals surface area contributed by atoms with Gasteiger partial charge in [-0.05, 0) is 6.32 Å². The number of nitro groups is 2. The lowest BCUT2D eigenvalue weighted by Gasteiger charge is -2.08. The van der Waals surface area contributed by atoms with E-state index in [1.807, 2.05) is 30.3 Å². The van der Waals surface area contributed by atoms with Gasteiger partial charge in [0.05, 0.1) is 52.2 Å². The quantitative estimate of drug-likeness (QED) is 0.415. The SMILES string of the molecule is [B]Cc1nc2cc([N+](=O)[O-])c([N+](=O)[O-])cc2nc1-c1ccccc1. The van der Waals surface area contributed by atoms with Gasteiger partial charge in [-0.1, -0.05) is 30.3 Å². The monoisotopic (exact) mass is 320 g/mol. The molecule has 0 amide bonds. The minimum Gasteiger partial charge on any atom is -0.258 e. The summed E-state index contributed by atoms with van der Waals surface area (Å²) in [6.07, 6.45) is 0.0813. The predicted octanol–water partition coefficient (Wildman–Crippen LogP) is 2.78. The maximum absolute atomic E-state index is 11.1. The Hall–Kier alpha value is -3.36. The van der Waals surface area contributed by atoms with Crippen LogP contribution < -0.4 is 0 Å². The average Bonchev–Trinajstić information content (AvgIpc) is 2.59. The Kier molecular flexibility index (Phi) is 3.91. The van der Waals surface area contributed by atoms with E-state index in [4.69, 9.17) is 7.85 Å². The van der Waals surface area contributed by atoms with E-state index in [2.05, 4.69) is 9.97 Å². The fraction of sp³-hybridized carbons (Fsp3) is 0.0667. The summed E-state index contributed by atoms with van der Waals surface area (Å²) in [7, 11) is 5.71. The lowest BCUT2D eigenvalue weighted by molar-refractivity contribution is -0.422. The molecule has 3 aromatic rings. The van der Waals surface area contributed by atoms with Crippen LogP contribution in [0.25, 0.3) is 22.3 Å². The molecular weight excluding hydrogens is 311 g/mol. The molecule has 2 radical (unpaired) electrons. The normalized spacial score (nSPS) is 10.7. The Balaban J connectivity index is 2.32. The van der Waals surface area contributed by atoms with Crippen molar-refractivity contribution in [2.24, 2.45) is 0 Å². The van der Waals surface area contributed by atoms with Crippen LogP contribution in [0.3, 0.4) is 0 Å². The van der Waals surface area contributed by atoms with E-state index >= 15 is 0 Å². The Morgan fingerprint density at radius 3 is 1.96 bits per heavy atom. The molecule has 0 spiro atoms. The van der Waals surface area contributed by atoms with Gasteiger partial charge in [-0.2, -0.15) is 0 Å². The fourth-order valence-electron chi connectivity index (χ4n) is 2.38. The third-order valence-corrected chi connectivity index (χ3v) is 3.47. The highest BCUT2D eigenvalue weighted by molar-refractivity contribution is 6.08. The summed E-state index contributed by atoms with van der Waals surface area (Å²) < 4.78 is 0. The van der Waals surface area contributed by atoms with Crippen LogP contribution in [0.4, 0.5) is 11.4 Å². The zero-order chi connectivity index (χ0) is 17.3. The van der Waals surface area contributed by atoms with Crippen LogP contribution in [0, 0.1) is 20.2 Å².